The summed E-state index contributed by atoms with van der Waals surface area (Å²) in [7, 11) is 0. The third-order valence-electron chi connectivity index (χ3n) is 5.96. The number of carbonyl (C=O) groups excluding carboxylic acids is 1. The molecule has 0 spiro atoms. The van der Waals surface area contributed by atoms with Gasteiger partial charge in [0.15, 0.2) is 0 Å². The van der Waals surface area contributed by atoms with Crippen molar-refractivity contribution >= 4 is 5.91 Å². The number of hydrogen-bond donors (Lipinski definition) is 0. The average molecular weight is 273 g/mol. The summed E-state index contributed by atoms with van der Waals surface area (Å²) in [6.45, 7) is 4.08. The predicted octanol–water partition coefficient (Wildman–Crippen LogP) is 2.34. The first-order valence-corrected chi connectivity index (χ1v) is 8.05. The number of fused-ring (bicyclic) bond motifs is 5. The summed E-state index contributed by atoms with van der Waals surface area (Å²) in [5, 5.41) is 4.26. The van der Waals surface area contributed by atoms with Crippen molar-refractivity contribution in [1.82, 2.24) is 14.7 Å². The summed E-state index contributed by atoms with van der Waals surface area (Å²) >= 11 is 0. The first-order chi connectivity index (χ1) is 9.78. The molecule has 2 heterocycles. The molecule has 4 nitrogen and oxygen atoms in total. The Morgan fingerprint density at radius 2 is 2.00 bits per heavy atom. The first kappa shape index (κ1) is 12.4. The topological polar surface area (TPSA) is 38.1 Å². The van der Waals surface area contributed by atoms with Crippen molar-refractivity contribution in [1.29, 1.82) is 0 Å². The predicted molar refractivity (Wildman–Crippen MR) is 75.9 cm³/mol. The smallest absolute Gasteiger partial charge is 0.247 e. The van der Waals surface area contributed by atoms with Crippen molar-refractivity contribution in [3.05, 3.63) is 18.5 Å². The van der Waals surface area contributed by atoms with Gasteiger partial charge < -0.3 is 4.90 Å². The molecule has 1 aliphatic heterocycles. The SMILES string of the molecule is CCC(C(=O)N1C[C@@H]2[C@@H]3CC[C@@H](C3)[C@@H]2C1)n1cccn1. The van der Waals surface area contributed by atoms with E-state index in [1.807, 2.05) is 16.9 Å². The lowest BCUT2D eigenvalue weighted by Gasteiger charge is -2.24. The number of hydrogen-bond acceptors (Lipinski definition) is 2. The van der Waals surface area contributed by atoms with Gasteiger partial charge in [0.2, 0.25) is 5.91 Å². The molecular weight excluding hydrogens is 250 g/mol. The van der Waals surface area contributed by atoms with E-state index in [1.54, 1.807) is 6.20 Å². The minimum atomic E-state index is -0.110. The van der Waals surface area contributed by atoms with Crippen molar-refractivity contribution in [2.24, 2.45) is 23.7 Å². The van der Waals surface area contributed by atoms with Gasteiger partial charge in [0.25, 0.3) is 0 Å². The van der Waals surface area contributed by atoms with Gasteiger partial charge in [-0.1, -0.05) is 6.92 Å². The second-order valence-electron chi connectivity index (χ2n) is 6.81. The zero-order valence-electron chi connectivity index (χ0n) is 12.1. The van der Waals surface area contributed by atoms with Crippen LogP contribution in [0.2, 0.25) is 0 Å². The van der Waals surface area contributed by atoms with E-state index < -0.39 is 0 Å². The van der Waals surface area contributed by atoms with Crippen molar-refractivity contribution in [3.8, 4) is 0 Å². The lowest BCUT2D eigenvalue weighted by Crippen LogP contribution is -2.36. The van der Waals surface area contributed by atoms with Crippen LogP contribution in [0.4, 0.5) is 0 Å². The highest BCUT2D eigenvalue weighted by molar-refractivity contribution is 5.80. The Bertz CT molecular complexity index is 480. The Labute approximate surface area is 120 Å². The Balaban J connectivity index is 1.50. The fourth-order valence-corrected chi connectivity index (χ4v) is 5.01. The molecule has 2 saturated carbocycles. The molecule has 4 heteroatoms. The molecule has 5 atom stereocenters. The van der Waals surface area contributed by atoms with Crippen molar-refractivity contribution in [3.63, 3.8) is 0 Å². The summed E-state index contributed by atoms with van der Waals surface area (Å²) in [6.07, 6.45) is 8.74. The van der Waals surface area contributed by atoms with Gasteiger partial charge in [0, 0.05) is 25.5 Å². The molecule has 1 aromatic heterocycles. The first-order valence-electron chi connectivity index (χ1n) is 8.05. The summed E-state index contributed by atoms with van der Waals surface area (Å²) in [5.74, 6) is 3.70. The molecule has 3 fully saturated rings. The monoisotopic (exact) mass is 273 g/mol. The second kappa shape index (κ2) is 4.61. The van der Waals surface area contributed by atoms with Gasteiger partial charge in [-0.25, -0.2) is 0 Å². The largest absolute Gasteiger partial charge is 0.340 e. The van der Waals surface area contributed by atoms with Crippen LogP contribution in [0, 0.1) is 23.7 Å². The molecular formula is C16H23N3O. The number of likely N-dealkylation sites (tertiary alicyclic amines) is 1. The van der Waals surface area contributed by atoms with Gasteiger partial charge in [-0.2, -0.15) is 5.10 Å². The van der Waals surface area contributed by atoms with E-state index >= 15 is 0 Å². The van der Waals surface area contributed by atoms with E-state index in [1.165, 1.54) is 19.3 Å². The molecule has 1 saturated heterocycles. The highest BCUT2D eigenvalue weighted by Gasteiger charge is 2.52. The Morgan fingerprint density at radius 3 is 2.55 bits per heavy atom. The van der Waals surface area contributed by atoms with Gasteiger partial charge in [-0.15, -0.1) is 0 Å². The van der Waals surface area contributed by atoms with E-state index in [-0.39, 0.29) is 11.9 Å². The minimum Gasteiger partial charge on any atom is -0.340 e. The quantitative estimate of drug-likeness (QED) is 0.848. The highest BCUT2D eigenvalue weighted by atomic mass is 16.2. The Hall–Kier alpha value is -1.32. The molecule has 108 valence electrons. The average Bonchev–Trinajstić information content (AvgIpc) is 3.21. The fraction of sp³-hybridized carbons (Fsp3) is 0.750. The van der Waals surface area contributed by atoms with E-state index in [0.29, 0.717) is 0 Å². The maximum absolute atomic E-state index is 12.8. The Morgan fingerprint density at radius 1 is 1.30 bits per heavy atom. The van der Waals surface area contributed by atoms with Gasteiger partial charge in [0.05, 0.1) is 0 Å². The van der Waals surface area contributed by atoms with Crippen LogP contribution in [0.25, 0.3) is 0 Å². The Kier molecular flexibility index (Phi) is 2.86. The van der Waals surface area contributed by atoms with Crippen LogP contribution in [-0.2, 0) is 4.79 Å². The lowest BCUT2D eigenvalue weighted by molar-refractivity contribution is -0.134. The molecule has 2 bridgehead atoms. The van der Waals surface area contributed by atoms with Crippen LogP contribution in [0.15, 0.2) is 18.5 Å². The van der Waals surface area contributed by atoms with E-state index in [4.69, 9.17) is 0 Å². The molecule has 0 N–H and O–H groups in total. The van der Waals surface area contributed by atoms with E-state index in [2.05, 4.69) is 16.9 Å². The van der Waals surface area contributed by atoms with Crippen LogP contribution >= 0.6 is 0 Å². The fourth-order valence-electron chi connectivity index (χ4n) is 5.01. The maximum Gasteiger partial charge on any atom is 0.247 e. The molecule has 3 aliphatic rings. The summed E-state index contributed by atoms with van der Waals surface area (Å²) in [4.78, 5) is 14.9. The molecule has 0 radical (unpaired) electrons. The van der Waals surface area contributed by atoms with Crippen LogP contribution in [0.1, 0.15) is 38.6 Å². The highest BCUT2D eigenvalue weighted by Crippen LogP contribution is 2.55. The zero-order chi connectivity index (χ0) is 13.7. The van der Waals surface area contributed by atoms with Gasteiger partial charge >= 0.3 is 0 Å². The number of amides is 1. The second-order valence-corrected chi connectivity index (χ2v) is 6.81. The van der Waals surface area contributed by atoms with Crippen LogP contribution in [0.5, 0.6) is 0 Å². The zero-order valence-corrected chi connectivity index (χ0v) is 12.1. The number of carbonyl (C=O) groups is 1. The molecule has 4 rings (SSSR count). The third-order valence-corrected chi connectivity index (χ3v) is 5.96. The third kappa shape index (κ3) is 1.73. The molecule has 1 aromatic rings. The summed E-state index contributed by atoms with van der Waals surface area (Å²) in [5.41, 5.74) is 0. The molecule has 20 heavy (non-hydrogen) atoms. The van der Waals surface area contributed by atoms with Gasteiger partial charge in [-0.05, 0) is 55.4 Å². The normalized spacial score (nSPS) is 36.4. The maximum atomic E-state index is 12.8. The van der Waals surface area contributed by atoms with E-state index in [0.717, 1.165) is 43.2 Å². The van der Waals surface area contributed by atoms with Crippen molar-refractivity contribution in [2.45, 2.75) is 38.6 Å². The standard InChI is InChI=1S/C16H23N3O/c1-2-15(19-7-3-6-17-19)16(20)18-9-13-11-4-5-12(8-11)14(13)10-18/h3,6-7,11-15H,2,4-5,8-10H2,1H3/t11-,12+,13-,14+,15?. The number of nitrogens with zero attached hydrogens (tertiary/aromatic N) is 3. The lowest BCUT2D eigenvalue weighted by atomic mass is 9.82. The molecule has 0 aromatic carbocycles. The molecule has 2 aliphatic carbocycles. The van der Waals surface area contributed by atoms with Gasteiger partial charge in [0.1, 0.15) is 6.04 Å². The molecule has 1 amide bonds. The number of aromatic nitrogens is 2. The van der Waals surface area contributed by atoms with Gasteiger partial charge in [-0.3, -0.25) is 9.48 Å². The van der Waals surface area contributed by atoms with E-state index in [9.17, 15) is 4.79 Å². The van der Waals surface area contributed by atoms with Crippen LogP contribution in [-0.4, -0.2) is 33.7 Å². The van der Waals surface area contributed by atoms with Crippen molar-refractivity contribution in [2.75, 3.05) is 13.1 Å². The van der Waals surface area contributed by atoms with Crippen LogP contribution in [0.3, 0.4) is 0 Å². The molecule has 1 unspecified atom stereocenters. The minimum absolute atomic E-state index is 0.110. The number of rotatable bonds is 3. The van der Waals surface area contributed by atoms with Crippen LogP contribution < -0.4 is 0 Å². The summed E-state index contributed by atoms with van der Waals surface area (Å²) < 4.78 is 1.82. The van der Waals surface area contributed by atoms with Crippen molar-refractivity contribution < 1.29 is 4.79 Å². The summed E-state index contributed by atoms with van der Waals surface area (Å²) in [6, 6.07) is 1.79.